The van der Waals surface area contributed by atoms with E-state index in [0.717, 1.165) is 43.7 Å². The SMILES string of the molecule is Cc1ccc(CNC2CCNCC2)nc1NC(=O)CC(C)C. The average Bonchev–Trinajstić information content (AvgIpc) is 2.48. The quantitative estimate of drug-likeness (QED) is 0.754. The summed E-state index contributed by atoms with van der Waals surface area (Å²) in [5.74, 6) is 1.08. The van der Waals surface area contributed by atoms with Crippen molar-refractivity contribution in [3.05, 3.63) is 23.4 Å². The maximum Gasteiger partial charge on any atom is 0.225 e. The molecule has 5 heteroatoms. The van der Waals surface area contributed by atoms with E-state index < -0.39 is 0 Å². The summed E-state index contributed by atoms with van der Waals surface area (Å²) in [6.45, 7) is 8.96. The van der Waals surface area contributed by atoms with Gasteiger partial charge in [-0.1, -0.05) is 19.9 Å². The monoisotopic (exact) mass is 304 g/mol. The molecule has 1 aliphatic heterocycles. The summed E-state index contributed by atoms with van der Waals surface area (Å²) in [5, 5.41) is 9.85. The van der Waals surface area contributed by atoms with Gasteiger partial charge in [0.2, 0.25) is 5.91 Å². The largest absolute Gasteiger partial charge is 0.317 e. The Kier molecular flexibility index (Phi) is 6.34. The lowest BCUT2D eigenvalue weighted by Gasteiger charge is -2.23. The summed E-state index contributed by atoms with van der Waals surface area (Å²) in [6, 6.07) is 4.61. The van der Waals surface area contributed by atoms with Crippen LogP contribution in [0.25, 0.3) is 0 Å². The zero-order valence-corrected chi connectivity index (χ0v) is 13.9. The maximum atomic E-state index is 11.9. The number of hydrogen-bond acceptors (Lipinski definition) is 4. The van der Waals surface area contributed by atoms with Crippen LogP contribution in [0.5, 0.6) is 0 Å². The molecule has 0 atom stereocenters. The molecule has 0 aromatic carbocycles. The Morgan fingerprint density at radius 3 is 2.77 bits per heavy atom. The number of carbonyl (C=O) groups is 1. The van der Waals surface area contributed by atoms with Crippen LogP contribution in [-0.4, -0.2) is 30.0 Å². The Labute approximate surface area is 133 Å². The number of nitrogens with one attached hydrogen (secondary N) is 3. The standard InChI is InChI=1S/C17H28N4O/c1-12(2)10-16(22)21-17-13(3)4-5-15(20-17)11-19-14-6-8-18-9-7-14/h4-5,12,14,18-19H,6-11H2,1-3H3,(H,20,21,22). The molecule has 122 valence electrons. The zero-order valence-electron chi connectivity index (χ0n) is 13.9. The highest BCUT2D eigenvalue weighted by Gasteiger charge is 2.13. The van der Waals surface area contributed by atoms with Gasteiger partial charge in [0.1, 0.15) is 5.82 Å². The van der Waals surface area contributed by atoms with E-state index in [2.05, 4.69) is 20.9 Å². The van der Waals surface area contributed by atoms with Crippen molar-refractivity contribution >= 4 is 11.7 Å². The van der Waals surface area contributed by atoms with E-state index in [9.17, 15) is 4.79 Å². The van der Waals surface area contributed by atoms with Crippen LogP contribution in [0, 0.1) is 12.8 Å². The molecule has 0 saturated carbocycles. The normalized spacial score (nSPS) is 16.0. The molecule has 0 radical (unpaired) electrons. The Morgan fingerprint density at radius 1 is 1.36 bits per heavy atom. The fraction of sp³-hybridized carbons (Fsp3) is 0.647. The van der Waals surface area contributed by atoms with Gasteiger partial charge in [-0.3, -0.25) is 4.79 Å². The van der Waals surface area contributed by atoms with Crippen LogP contribution in [-0.2, 0) is 11.3 Å². The van der Waals surface area contributed by atoms with E-state index in [0.29, 0.717) is 24.2 Å². The van der Waals surface area contributed by atoms with Crippen molar-refractivity contribution < 1.29 is 4.79 Å². The highest BCUT2D eigenvalue weighted by atomic mass is 16.1. The van der Waals surface area contributed by atoms with Gasteiger partial charge in [0.25, 0.3) is 0 Å². The molecule has 22 heavy (non-hydrogen) atoms. The summed E-state index contributed by atoms with van der Waals surface area (Å²) >= 11 is 0. The molecule has 5 nitrogen and oxygen atoms in total. The molecule has 0 unspecified atom stereocenters. The minimum Gasteiger partial charge on any atom is -0.317 e. The van der Waals surface area contributed by atoms with Crippen LogP contribution in [0.1, 0.15) is 44.4 Å². The Morgan fingerprint density at radius 2 is 2.09 bits per heavy atom. The first-order valence-corrected chi connectivity index (χ1v) is 8.25. The molecule has 2 rings (SSSR count). The predicted molar refractivity (Wildman–Crippen MR) is 89.8 cm³/mol. The Balaban J connectivity index is 1.92. The lowest BCUT2D eigenvalue weighted by Crippen LogP contribution is -2.39. The summed E-state index contributed by atoms with van der Waals surface area (Å²) in [5.41, 5.74) is 1.98. The third-order valence-corrected chi connectivity index (χ3v) is 3.92. The van der Waals surface area contributed by atoms with Gasteiger partial charge < -0.3 is 16.0 Å². The number of nitrogens with zero attached hydrogens (tertiary/aromatic N) is 1. The third kappa shape index (κ3) is 5.39. The van der Waals surface area contributed by atoms with Gasteiger partial charge in [-0.25, -0.2) is 4.98 Å². The van der Waals surface area contributed by atoms with Gasteiger partial charge in [0.15, 0.2) is 0 Å². The van der Waals surface area contributed by atoms with Crippen molar-refractivity contribution in [3.63, 3.8) is 0 Å². The average molecular weight is 304 g/mol. The van der Waals surface area contributed by atoms with Crippen LogP contribution >= 0.6 is 0 Å². The van der Waals surface area contributed by atoms with Gasteiger partial charge in [-0.15, -0.1) is 0 Å². The summed E-state index contributed by atoms with van der Waals surface area (Å²) in [6.07, 6.45) is 2.84. The van der Waals surface area contributed by atoms with E-state index in [1.807, 2.05) is 32.9 Å². The molecular formula is C17H28N4O. The van der Waals surface area contributed by atoms with E-state index in [4.69, 9.17) is 0 Å². The zero-order chi connectivity index (χ0) is 15.9. The topological polar surface area (TPSA) is 66.1 Å². The number of rotatable bonds is 6. The molecular weight excluding hydrogens is 276 g/mol. The van der Waals surface area contributed by atoms with Crippen molar-refractivity contribution in [3.8, 4) is 0 Å². The lowest BCUT2D eigenvalue weighted by atomic mass is 10.1. The smallest absolute Gasteiger partial charge is 0.225 e. The minimum absolute atomic E-state index is 0.0362. The van der Waals surface area contributed by atoms with Crippen molar-refractivity contribution in [2.75, 3.05) is 18.4 Å². The number of piperidine rings is 1. The molecule has 0 spiro atoms. The number of pyridine rings is 1. The molecule has 0 aliphatic carbocycles. The molecule has 1 fully saturated rings. The highest BCUT2D eigenvalue weighted by molar-refractivity contribution is 5.90. The number of anilines is 1. The van der Waals surface area contributed by atoms with Crippen molar-refractivity contribution in [2.45, 2.75) is 52.6 Å². The summed E-state index contributed by atoms with van der Waals surface area (Å²) < 4.78 is 0. The lowest BCUT2D eigenvalue weighted by molar-refractivity contribution is -0.116. The van der Waals surface area contributed by atoms with E-state index in [1.54, 1.807) is 0 Å². The number of aryl methyl sites for hydroxylation is 1. The molecule has 1 amide bonds. The van der Waals surface area contributed by atoms with Crippen LogP contribution in [0.15, 0.2) is 12.1 Å². The second kappa shape index (κ2) is 8.25. The van der Waals surface area contributed by atoms with Crippen molar-refractivity contribution in [1.82, 2.24) is 15.6 Å². The van der Waals surface area contributed by atoms with Crippen LogP contribution in [0.4, 0.5) is 5.82 Å². The number of aromatic nitrogens is 1. The highest BCUT2D eigenvalue weighted by Crippen LogP contribution is 2.14. The first kappa shape index (κ1) is 16.9. The van der Waals surface area contributed by atoms with Gasteiger partial charge >= 0.3 is 0 Å². The molecule has 1 aromatic heterocycles. The minimum atomic E-state index is 0.0362. The summed E-state index contributed by atoms with van der Waals surface area (Å²) in [7, 11) is 0. The van der Waals surface area contributed by atoms with E-state index in [1.165, 1.54) is 0 Å². The fourth-order valence-electron chi connectivity index (χ4n) is 2.62. The van der Waals surface area contributed by atoms with Gasteiger partial charge in [0, 0.05) is 19.0 Å². The summed E-state index contributed by atoms with van der Waals surface area (Å²) in [4.78, 5) is 16.5. The second-order valence-electron chi connectivity index (χ2n) is 6.52. The van der Waals surface area contributed by atoms with Gasteiger partial charge in [-0.05, 0) is 50.4 Å². The van der Waals surface area contributed by atoms with Gasteiger partial charge in [0.05, 0.1) is 5.69 Å². The maximum absolute atomic E-state index is 11.9. The van der Waals surface area contributed by atoms with E-state index in [-0.39, 0.29) is 5.91 Å². The van der Waals surface area contributed by atoms with Gasteiger partial charge in [-0.2, -0.15) is 0 Å². The van der Waals surface area contributed by atoms with Crippen molar-refractivity contribution in [2.24, 2.45) is 5.92 Å². The molecule has 1 aliphatic rings. The van der Waals surface area contributed by atoms with Crippen LogP contribution in [0.3, 0.4) is 0 Å². The third-order valence-electron chi connectivity index (χ3n) is 3.92. The van der Waals surface area contributed by atoms with Crippen LogP contribution in [0.2, 0.25) is 0 Å². The first-order chi connectivity index (χ1) is 10.5. The fourth-order valence-corrected chi connectivity index (χ4v) is 2.62. The molecule has 1 aromatic rings. The molecule has 2 heterocycles. The second-order valence-corrected chi connectivity index (χ2v) is 6.52. The van der Waals surface area contributed by atoms with Crippen LogP contribution < -0.4 is 16.0 Å². The number of carbonyl (C=O) groups excluding carboxylic acids is 1. The first-order valence-electron chi connectivity index (χ1n) is 8.25. The van der Waals surface area contributed by atoms with Crippen molar-refractivity contribution in [1.29, 1.82) is 0 Å². The molecule has 0 bridgehead atoms. The Hall–Kier alpha value is -1.46. The number of hydrogen-bond donors (Lipinski definition) is 3. The van der Waals surface area contributed by atoms with E-state index >= 15 is 0 Å². The Bertz CT molecular complexity index is 495. The molecule has 3 N–H and O–H groups in total. The molecule has 1 saturated heterocycles. The predicted octanol–water partition coefficient (Wildman–Crippen LogP) is 2.22. The number of amides is 1.